The van der Waals surface area contributed by atoms with Crippen molar-refractivity contribution in [3.8, 4) is 0 Å². The number of hydrogen-bond donors (Lipinski definition) is 1. The second kappa shape index (κ2) is 11.7. The quantitative estimate of drug-likeness (QED) is 0.535. The second-order valence-electron chi connectivity index (χ2n) is 7.58. The zero-order valence-corrected chi connectivity index (χ0v) is 19.7. The van der Waals surface area contributed by atoms with Gasteiger partial charge in [-0.05, 0) is 42.7 Å². The van der Waals surface area contributed by atoms with Crippen LogP contribution in [-0.2, 0) is 26.2 Å². The molecule has 0 bridgehead atoms. The largest absolute Gasteiger partial charge is 0.354 e. The molecule has 0 aliphatic carbocycles. The van der Waals surface area contributed by atoms with Crippen molar-refractivity contribution in [1.82, 2.24) is 10.2 Å². The molecule has 2 rings (SSSR count). The lowest BCUT2D eigenvalue weighted by Gasteiger charge is -2.33. The highest BCUT2D eigenvalue weighted by Crippen LogP contribution is 2.22. The minimum atomic E-state index is -4.02. The van der Waals surface area contributed by atoms with Crippen molar-refractivity contribution in [2.75, 3.05) is 23.7 Å². The first-order chi connectivity index (χ1) is 15.6. The van der Waals surface area contributed by atoms with Crippen LogP contribution >= 0.6 is 0 Å². The number of benzene rings is 2. The molecule has 0 radical (unpaired) electrons. The van der Waals surface area contributed by atoms with E-state index in [1.54, 1.807) is 6.92 Å². The molecule has 0 saturated heterocycles. The van der Waals surface area contributed by atoms with Gasteiger partial charge in [-0.3, -0.25) is 13.9 Å². The summed E-state index contributed by atoms with van der Waals surface area (Å²) in [7, 11) is -4.02. The van der Waals surface area contributed by atoms with Gasteiger partial charge in [-0.1, -0.05) is 38.1 Å². The molecule has 0 aliphatic heterocycles. The molecule has 7 nitrogen and oxygen atoms in total. The van der Waals surface area contributed by atoms with Crippen molar-refractivity contribution in [2.45, 2.75) is 39.3 Å². The number of sulfonamides is 1. The first-order valence-electron chi connectivity index (χ1n) is 10.6. The molecular formula is C23H29F2N3O4S. The number of nitrogens with one attached hydrogen (secondary N) is 1. The van der Waals surface area contributed by atoms with Gasteiger partial charge in [-0.2, -0.15) is 0 Å². The van der Waals surface area contributed by atoms with Gasteiger partial charge < -0.3 is 10.2 Å². The fourth-order valence-electron chi connectivity index (χ4n) is 3.32. The third-order valence-corrected chi connectivity index (χ3v) is 6.13. The Labute approximate surface area is 193 Å². The monoisotopic (exact) mass is 481 g/mol. The highest BCUT2D eigenvalue weighted by molar-refractivity contribution is 7.92. The first kappa shape index (κ1) is 26.2. The van der Waals surface area contributed by atoms with Gasteiger partial charge in [-0.15, -0.1) is 0 Å². The van der Waals surface area contributed by atoms with E-state index in [4.69, 9.17) is 0 Å². The van der Waals surface area contributed by atoms with Crippen LogP contribution in [0.4, 0.5) is 14.5 Å². The molecule has 0 aromatic heterocycles. The van der Waals surface area contributed by atoms with E-state index >= 15 is 0 Å². The van der Waals surface area contributed by atoms with E-state index in [9.17, 15) is 26.8 Å². The van der Waals surface area contributed by atoms with Crippen molar-refractivity contribution < 1.29 is 26.8 Å². The Kier molecular flexibility index (Phi) is 9.33. The Morgan fingerprint density at radius 1 is 1.03 bits per heavy atom. The first-order valence-corrected chi connectivity index (χ1v) is 12.5. The van der Waals surface area contributed by atoms with E-state index in [0.29, 0.717) is 22.8 Å². The van der Waals surface area contributed by atoms with Crippen molar-refractivity contribution in [1.29, 1.82) is 0 Å². The Hall–Kier alpha value is -3.01. The molecule has 0 aliphatic rings. The number of para-hydroxylation sites is 1. The standard InChI is InChI=1S/C23H29F2N3O4S/c1-4-14-26-23(30)20(5-2)27(15-17-10-12-18(24)13-11-17)22(29)16-28(33(3,31)32)21-9-7-6-8-19(21)25/h6-13,20H,4-5,14-16H2,1-3H3,(H,26,30)/t20-/m0/s1. The van der Waals surface area contributed by atoms with Crippen molar-refractivity contribution in [3.05, 3.63) is 65.7 Å². The number of rotatable bonds is 11. The van der Waals surface area contributed by atoms with Crippen LogP contribution in [-0.4, -0.2) is 50.5 Å². The van der Waals surface area contributed by atoms with Crippen LogP contribution in [0.1, 0.15) is 32.3 Å². The van der Waals surface area contributed by atoms with Gasteiger partial charge in [0.15, 0.2) is 0 Å². The second-order valence-corrected chi connectivity index (χ2v) is 9.49. The number of hydrogen-bond acceptors (Lipinski definition) is 4. The Morgan fingerprint density at radius 2 is 1.67 bits per heavy atom. The summed E-state index contributed by atoms with van der Waals surface area (Å²) in [5.41, 5.74) is 0.293. The molecule has 0 saturated carbocycles. The molecule has 0 fully saturated rings. The third-order valence-electron chi connectivity index (χ3n) is 5.00. The maximum Gasteiger partial charge on any atom is 0.244 e. The van der Waals surface area contributed by atoms with Crippen molar-refractivity contribution in [3.63, 3.8) is 0 Å². The number of carbonyl (C=O) groups is 2. The molecule has 1 N–H and O–H groups in total. The maximum absolute atomic E-state index is 14.4. The van der Waals surface area contributed by atoms with Crippen LogP contribution in [0.5, 0.6) is 0 Å². The maximum atomic E-state index is 14.4. The molecule has 0 unspecified atom stereocenters. The molecule has 1 atom stereocenters. The summed E-state index contributed by atoms with van der Waals surface area (Å²) in [5.74, 6) is -2.32. The number of nitrogens with zero attached hydrogens (tertiary/aromatic N) is 2. The van der Waals surface area contributed by atoms with Crippen LogP contribution in [0, 0.1) is 11.6 Å². The van der Waals surface area contributed by atoms with Crippen LogP contribution in [0.2, 0.25) is 0 Å². The zero-order chi connectivity index (χ0) is 24.6. The molecule has 0 heterocycles. The lowest BCUT2D eigenvalue weighted by Crippen LogP contribution is -2.52. The SMILES string of the molecule is CCCNC(=O)[C@H](CC)N(Cc1ccc(F)cc1)C(=O)CN(c1ccccc1F)S(C)(=O)=O. The molecular weight excluding hydrogens is 452 g/mol. The van der Waals surface area contributed by atoms with Crippen LogP contribution in [0.15, 0.2) is 48.5 Å². The van der Waals surface area contributed by atoms with Gasteiger partial charge in [0.25, 0.3) is 0 Å². The number of amides is 2. The summed E-state index contributed by atoms with van der Waals surface area (Å²) in [6.07, 6.45) is 1.84. The molecule has 33 heavy (non-hydrogen) atoms. The van der Waals surface area contributed by atoms with E-state index in [1.807, 2.05) is 6.92 Å². The fourth-order valence-corrected chi connectivity index (χ4v) is 4.17. The van der Waals surface area contributed by atoms with E-state index in [-0.39, 0.29) is 24.6 Å². The van der Waals surface area contributed by atoms with Gasteiger partial charge >= 0.3 is 0 Å². The molecule has 0 spiro atoms. The number of halogens is 2. The Morgan fingerprint density at radius 3 is 2.21 bits per heavy atom. The summed E-state index contributed by atoms with van der Waals surface area (Å²) in [4.78, 5) is 27.4. The predicted molar refractivity (Wildman–Crippen MR) is 123 cm³/mol. The van der Waals surface area contributed by atoms with E-state index in [0.717, 1.165) is 12.3 Å². The molecule has 2 aromatic carbocycles. The molecule has 180 valence electrons. The van der Waals surface area contributed by atoms with E-state index < -0.39 is 40.2 Å². The number of anilines is 1. The lowest BCUT2D eigenvalue weighted by atomic mass is 10.1. The molecule has 2 amide bonds. The number of carbonyl (C=O) groups excluding carboxylic acids is 2. The lowest BCUT2D eigenvalue weighted by molar-refractivity contribution is -0.140. The third kappa shape index (κ3) is 7.24. The summed E-state index contributed by atoms with van der Waals surface area (Å²) < 4.78 is 53.2. The van der Waals surface area contributed by atoms with Gasteiger partial charge in [0.05, 0.1) is 11.9 Å². The molecule has 2 aromatic rings. The van der Waals surface area contributed by atoms with Gasteiger partial charge in [0.2, 0.25) is 21.8 Å². The van der Waals surface area contributed by atoms with E-state index in [2.05, 4.69) is 5.32 Å². The Balaban J connectivity index is 2.42. The van der Waals surface area contributed by atoms with Crippen molar-refractivity contribution >= 4 is 27.5 Å². The zero-order valence-electron chi connectivity index (χ0n) is 18.9. The van der Waals surface area contributed by atoms with Crippen LogP contribution < -0.4 is 9.62 Å². The summed E-state index contributed by atoms with van der Waals surface area (Å²) in [5, 5.41) is 2.75. The highest BCUT2D eigenvalue weighted by atomic mass is 32.2. The average Bonchev–Trinajstić information content (AvgIpc) is 2.77. The van der Waals surface area contributed by atoms with E-state index in [1.165, 1.54) is 47.4 Å². The smallest absolute Gasteiger partial charge is 0.244 e. The topological polar surface area (TPSA) is 86.8 Å². The van der Waals surface area contributed by atoms with Crippen molar-refractivity contribution in [2.24, 2.45) is 0 Å². The average molecular weight is 482 g/mol. The Bertz CT molecular complexity index is 1060. The summed E-state index contributed by atoms with van der Waals surface area (Å²) >= 11 is 0. The fraction of sp³-hybridized carbons (Fsp3) is 0.391. The molecule has 10 heteroatoms. The minimum Gasteiger partial charge on any atom is -0.354 e. The van der Waals surface area contributed by atoms with Crippen LogP contribution in [0.3, 0.4) is 0 Å². The van der Waals surface area contributed by atoms with Gasteiger partial charge in [0.1, 0.15) is 24.2 Å². The summed E-state index contributed by atoms with van der Waals surface area (Å²) in [6, 6.07) is 9.78. The normalized spacial score (nSPS) is 12.2. The summed E-state index contributed by atoms with van der Waals surface area (Å²) in [6.45, 7) is 3.29. The highest BCUT2D eigenvalue weighted by Gasteiger charge is 2.32. The minimum absolute atomic E-state index is 0.0496. The predicted octanol–water partition coefficient (Wildman–Crippen LogP) is 3.06. The van der Waals surface area contributed by atoms with Crippen LogP contribution in [0.25, 0.3) is 0 Å². The van der Waals surface area contributed by atoms with Gasteiger partial charge in [-0.25, -0.2) is 17.2 Å². The van der Waals surface area contributed by atoms with Gasteiger partial charge in [0, 0.05) is 13.1 Å².